The first kappa shape index (κ1) is 13.0. The van der Waals surface area contributed by atoms with Crippen molar-refractivity contribution in [2.45, 2.75) is 20.3 Å². The number of thiophene rings is 2. The van der Waals surface area contributed by atoms with Gasteiger partial charge in [-0.25, -0.2) is 0 Å². The van der Waals surface area contributed by atoms with E-state index in [0.717, 1.165) is 20.6 Å². The Labute approximate surface area is 116 Å². The fourth-order valence-corrected chi connectivity index (χ4v) is 4.13. The molecule has 90 valence electrons. The first-order valence-corrected chi connectivity index (χ1v) is 7.90. The van der Waals surface area contributed by atoms with Gasteiger partial charge in [0.15, 0.2) is 5.13 Å². The monoisotopic (exact) mass is 330 g/mol. The lowest BCUT2D eigenvalue weighted by molar-refractivity contribution is 0.657. The maximum absolute atomic E-state index is 13.1. The van der Waals surface area contributed by atoms with E-state index in [0.29, 0.717) is 0 Å². The van der Waals surface area contributed by atoms with E-state index in [9.17, 15) is 4.39 Å². The number of hydrogen-bond donors (Lipinski definition) is 0. The molecule has 0 unspecified atom stereocenters. The molecule has 1 aliphatic carbocycles. The van der Waals surface area contributed by atoms with Crippen LogP contribution < -0.4 is 9.75 Å². The maximum atomic E-state index is 13.1. The molecule has 1 aliphatic rings. The van der Waals surface area contributed by atoms with Gasteiger partial charge in [-0.15, -0.1) is 22.7 Å². The molecule has 0 nitrogen and oxygen atoms in total. The van der Waals surface area contributed by atoms with Gasteiger partial charge in [-0.1, -0.05) is 19.9 Å². The molecular weight excluding hydrogens is 319 g/mol. The van der Waals surface area contributed by atoms with E-state index in [1.165, 1.54) is 21.1 Å². The van der Waals surface area contributed by atoms with E-state index in [-0.39, 0.29) is 5.13 Å². The van der Waals surface area contributed by atoms with Crippen LogP contribution in [0.5, 0.6) is 0 Å². The highest BCUT2D eigenvalue weighted by Crippen LogP contribution is 2.24. The Morgan fingerprint density at radius 1 is 1.24 bits per heavy atom. The van der Waals surface area contributed by atoms with Crippen molar-refractivity contribution in [2.24, 2.45) is 0 Å². The maximum Gasteiger partial charge on any atom is 0.177 e. The van der Waals surface area contributed by atoms with Gasteiger partial charge < -0.3 is 0 Å². The minimum atomic E-state index is -0.0938. The zero-order valence-electron chi connectivity index (χ0n) is 9.59. The molecule has 17 heavy (non-hydrogen) atoms. The van der Waals surface area contributed by atoms with Crippen LogP contribution in [-0.2, 0) is 6.42 Å². The van der Waals surface area contributed by atoms with Crippen molar-refractivity contribution < 1.29 is 4.39 Å². The van der Waals surface area contributed by atoms with E-state index in [1.54, 1.807) is 17.4 Å². The largest absolute Gasteiger partial charge is 0.195 e. The molecule has 0 amide bonds. The van der Waals surface area contributed by atoms with Gasteiger partial charge in [-0.3, -0.25) is 0 Å². The minimum Gasteiger partial charge on any atom is -0.195 e. The molecule has 0 saturated heterocycles. The van der Waals surface area contributed by atoms with Gasteiger partial charge in [0.25, 0.3) is 0 Å². The molecule has 0 aliphatic heterocycles. The Balaban J connectivity index is 0.000000514. The topological polar surface area (TPSA) is 0 Å². The summed E-state index contributed by atoms with van der Waals surface area (Å²) < 4.78 is 15.4. The second-order valence-corrected chi connectivity index (χ2v) is 6.90. The van der Waals surface area contributed by atoms with Crippen molar-refractivity contribution in [2.75, 3.05) is 0 Å². The van der Waals surface area contributed by atoms with Crippen molar-refractivity contribution >= 4 is 50.8 Å². The van der Waals surface area contributed by atoms with Crippen LogP contribution in [0.4, 0.5) is 4.39 Å². The average molecular weight is 331 g/mol. The third-order valence-electron chi connectivity index (χ3n) is 2.37. The van der Waals surface area contributed by atoms with Gasteiger partial charge in [0.1, 0.15) is 0 Å². The molecule has 2 aromatic heterocycles. The van der Waals surface area contributed by atoms with Crippen molar-refractivity contribution in [3.63, 3.8) is 0 Å². The van der Waals surface area contributed by atoms with Gasteiger partial charge in [0, 0.05) is 15.8 Å². The lowest BCUT2D eigenvalue weighted by Gasteiger charge is -1.89. The van der Waals surface area contributed by atoms with Gasteiger partial charge in [0.2, 0.25) is 0 Å². The molecule has 0 N–H and O–H groups in total. The number of hydrogen-bond acceptors (Lipinski definition) is 2. The lowest BCUT2D eigenvalue weighted by Crippen LogP contribution is -2.16. The Kier molecular flexibility index (Phi) is 4.17. The van der Waals surface area contributed by atoms with Gasteiger partial charge in [0.05, 0.1) is 3.79 Å². The molecule has 0 spiro atoms. The Morgan fingerprint density at radius 3 is 2.76 bits per heavy atom. The minimum absolute atomic E-state index is 0.0938. The Morgan fingerprint density at radius 2 is 2.00 bits per heavy atom. The number of fused-ring (bicyclic) bond motifs is 2. The van der Waals surface area contributed by atoms with Crippen molar-refractivity contribution in [1.29, 1.82) is 0 Å². The summed E-state index contributed by atoms with van der Waals surface area (Å²) in [6.07, 6.45) is 5.06. The van der Waals surface area contributed by atoms with Crippen LogP contribution >= 0.6 is 38.6 Å². The zero-order chi connectivity index (χ0) is 12.4. The molecule has 0 radical (unpaired) electrons. The summed E-state index contributed by atoms with van der Waals surface area (Å²) in [5.41, 5.74) is 1.03. The van der Waals surface area contributed by atoms with Gasteiger partial charge >= 0.3 is 0 Å². The SMILES string of the molecule is CC.Fc1cc2c(s1)CC=c1cc(Br)sc1=C2. The van der Waals surface area contributed by atoms with Crippen LogP contribution in [0, 0.1) is 5.13 Å². The molecular formula is C13H12BrFS2. The summed E-state index contributed by atoms with van der Waals surface area (Å²) in [4.78, 5) is 1.12. The van der Waals surface area contributed by atoms with E-state index in [2.05, 4.69) is 34.1 Å². The van der Waals surface area contributed by atoms with Crippen molar-refractivity contribution in [3.8, 4) is 0 Å². The van der Waals surface area contributed by atoms with Crippen LogP contribution in [-0.4, -0.2) is 0 Å². The highest BCUT2D eigenvalue weighted by Gasteiger charge is 2.09. The van der Waals surface area contributed by atoms with Gasteiger partial charge in [-0.2, -0.15) is 4.39 Å². The first-order chi connectivity index (χ1) is 8.22. The lowest BCUT2D eigenvalue weighted by atomic mass is 10.2. The third-order valence-corrected chi connectivity index (χ3v) is 4.93. The van der Waals surface area contributed by atoms with E-state index in [1.807, 2.05) is 13.8 Å². The normalized spacial score (nSPS) is 12.2. The van der Waals surface area contributed by atoms with Crippen molar-refractivity contribution in [3.05, 3.63) is 41.2 Å². The van der Waals surface area contributed by atoms with E-state index in [4.69, 9.17) is 0 Å². The smallest absolute Gasteiger partial charge is 0.177 e. The molecule has 4 heteroatoms. The number of rotatable bonds is 0. The van der Waals surface area contributed by atoms with Gasteiger partial charge in [-0.05, 0) is 44.9 Å². The second kappa shape index (κ2) is 5.46. The van der Waals surface area contributed by atoms with Crippen molar-refractivity contribution in [1.82, 2.24) is 0 Å². The highest BCUT2D eigenvalue weighted by atomic mass is 79.9. The summed E-state index contributed by atoms with van der Waals surface area (Å²) in [5, 5.41) is 1.15. The quantitative estimate of drug-likeness (QED) is 0.687. The Bertz CT molecular complexity index is 637. The average Bonchev–Trinajstić information content (AvgIpc) is 2.79. The summed E-state index contributed by atoms with van der Waals surface area (Å²) in [6, 6.07) is 3.74. The molecule has 3 rings (SSSR count). The van der Waals surface area contributed by atoms with E-state index < -0.39 is 0 Å². The Hall–Kier alpha value is -0.450. The summed E-state index contributed by atoms with van der Waals surface area (Å²) in [5.74, 6) is 0. The van der Waals surface area contributed by atoms with Crippen LogP contribution in [0.15, 0.2) is 15.9 Å². The summed E-state index contributed by atoms with van der Waals surface area (Å²) in [7, 11) is 0. The molecule has 0 saturated carbocycles. The highest BCUT2D eigenvalue weighted by molar-refractivity contribution is 9.11. The second-order valence-electron chi connectivity index (χ2n) is 3.35. The molecule has 2 heterocycles. The molecule has 2 aromatic rings. The van der Waals surface area contributed by atoms with E-state index >= 15 is 0 Å². The van der Waals surface area contributed by atoms with Crippen LogP contribution in [0.2, 0.25) is 0 Å². The fraction of sp³-hybridized carbons (Fsp3) is 0.231. The van der Waals surface area contributed by atoms with Crippen LogP contribution in [0.3, 0.4) is 0 Å². The first-order valence-electron chi connectivity index (χ1n) is 5.48. The van der Waals surface area contributed by atoms with Crippen LogP contribution in [0.25, 0.3) is 12.2 Å². The summed E-state index contributed by atoms with van der Waals surface area (Å²) in [6.45, 7) is 4.00. The predicted octanol–water partition coefficient (Wildman–Crippen LogP) is 3.90. The zero-order valence-corrected chi connectivity index (χ0v) is 12.8. The summed E-state index contributed by atoms with van der Waals surface area (Å²) >= 11 is 6.40. The predicted molar refractivity (Wildman–Crippen MR) is 78.6 cm³/mol. The molecule has 0 bridgehead atoms. The molecule has 0 aromatic carbocycles. The molecule has 0 atom stereocenters. The standard InChI is InChI=1S/C11H6BrFS2.C2H6/c12-10-4-6-1-2-8-7(3-9(6)14-10)5-11(13)15-8;1-2/h1,3-5H,2H2;1-2H3. The van der Waals surface area contributed by atoms with Crippen LogP contribution in [0.1, 0.15) is 24.3 Å². The molecule has 0 fully saturated rings. The fourth-order valence-electron chi connectivity index (χ4n) is 1.69. The number of halogens is 2. The third kappa shape index (κ3) is 2.69.